The highest BCUT2D eigenvalue weighted by molar-refractivity contribution is 5.91. The summed E-state index contributed by atoms with van der Waals surface area (Å²) in [5, 5.41) is 15.3. The van der Waals surface area contributed by atoms with Crippen LogP contribution in [0.1, 0.15) is 19.5 Å². The lowest BCUT2D eigenvalue weighted by Crippen LogP contribution is -2.56. The first-order valence-electron chi connectivity index (χ1n) is 8.85. The Labute approximate surface area is 147 Å². The van der Waals surface area contributed by atoms with E-state index in [4.69, 9.17) is 4.98 Å². The zero-order valence-electron chi connectivity index (χ0n) is 15.1. The molecule has 0 bridgehead atoms. The van der Waals surface area contributed by atoms with Gasteiger partial charge in [0.25, 0.3) is 0 Å². The lowest BCUT2D eigenvalue weighted by atomic mass is 10.0. The monoisotopic (exact) mass is 339 g/mol. The third kappa shape index (κ3) is 2.75. The summed E-state index contributed by atoms with van der Waals surface area (Å²) in [6.45, 7) is 10.0. The molecule has 0 unspecified atom stereocenters. The number of rotatable bonds is 3. The number of nitrogens with zero attached hydrogens (tertiary/aromatic N) is 5. The average molecular weight is 339 g/mol. The van der Waals surface area contributed by atoms with E-state index < -0.39 is 0 Å². The third-order valence-electron chi connectivity index (χ3n) is 5.23. The van der Waals surface area contributed by atoms with Gasteiger partial charge in [0.05, 0.1) is 17.8 Å². The van der Waals surface area contributed by atoms with Crippen LogP contribution in [-0.4, -0.2) is 62.9 Å². The van der Waals surface area contributed by atoms with Gasteiger partial charge in [-0.25, -0.2) is 9.50 Å². The average Bonchev–Trinajstić information content (AvgIpc) is 3.01. The van der Waals surface area contributed by atoms with Crippen molar-refractivity contribution in [2.45, 2.75) is 26.3 Å². The number of fused-ring (bicyclic) bond motifs is 3. The highest BCUT2D eigenvalue weighted by atomic mass is 16.3. The second-order valence-corrected chi connectivity index (χ2v) is 7.45. The Balaban J connectivity index is 1.72. The third-order valence-corrected chi connectivity index (χ3v) is 5.23. The van der Waals surface area contributed by atoms with E-state index in [1.54, 1.807) is 0 Å². The molecule has 3 aromatic rings. The number of anilines is 1. The van der Waals surface area contributed by atoms with Gasteiger partial charge >= 0.3 is 0 Å². The number of para-hydroxylation sites is 1. The molecule has 0 atom stereocenters. The van der Waals surface area contributed by atoms with E-state index >= 15 is 0 Å². The van der Waals surface area contributed by atoms with Crippen molar-refractivity contribution in [2.24, 2.45) is 0 Å². The zero-order chi connectivity index (χ0) is 17.6. The van der Waals surface area contributed by atoms with Crippen molar-refractivity contribution in [3.8, 4) is 0 Å². The summed E-state index contributed by atoms with van der Waals surface area (Å²) in [5.74, 6) is 1.03. The molecule has 25 heavy (non-hydrogen) atoms. The summed E-state index contributed by atoms with van der Waals surface area (Å²) in [6.07, 6.45) is 0. The molecule has 132 valence electrons. The molecule has 1 fully saturated rings. The van der Waals surface area contributed by atoms with E-state index in [9.17, 15) is 5.11 Å². The van der Waals surface area contributed by atoms with Crippen LogP contribution < -0.4 is 4.90 Å². The molecule has 0 amide bonds. The van der Waals surface area contributed by atoms with Crippen LogP contribution in [0, 0.1) is 6.92 Å². The standard InChI is InChI=1S/C19H25N5O/c1-14-12-17-20-18(15-6-4-5-7-16(15)24(17)21-14)22-8-10-23(11-9-22)19(2,3)13-25/h4-7,12,25H,8-11,13H2,1-3H3. The van der Waals surface area contributed by atoms with Gasteiger partial charge in [0, 0.05) is 43.2 Å². The fourth-order valence-electron chi connectivity index (χ4n) is 3.62. The fourth-order valence-corrected chi connectivity index (χ4v) is 3.62. The number of piperazine rings is 1. The minimum Gasteiger partial charge on any atom is -0.394 e. The molecular weight excluding hydrogens is 314 g/mol. The van der Waals surface area contributed by atoms with Gasteiger partial charge in [-0.15, -0.1) is 0 Å². The van der Waals surface area contributed by atoms with Crippen LogP contribution in [-0.2, 0) is 0 Å². The molecular formula is C19H25N5O. The second kappa shape index (κ2) is 5.97. The molecule has 6 nitrogen and oxygen atoms in total. The maximum absolute atomic E-state index is 9.61. The van der Waals surface area contributed by atoms with Crippen LogP contribution in [0.5, 0.6) is 0 Å². The molecule has 0 aliphatic carbocycles. The Bertz CT molecular complexity index is 909. The van der Waals surface area contributed by atoms with Crippen LogP contribution in [0.2, 0.25) is 0 Å². The second-order valence-electron chi connectivity index (χ2n) is 7.45. The van der Waals surface area contributed by atoms with E-state index in [0.29, 0.717) is 0 Å². The Morgan fingerprint density at radius 3 is 2.56 bits per heavy atom. The molecule has 1 aliphatic heterocycles. The van der Waals surface area contributed by atoms with Crippen molar-refractivity contribution >= 4 is 22.4 Å². The van der Waals surface area contributed by atoms with Crippen LogP contribution >= 0.6 is 0 Å². The number of aliphatic hydroxyl groups excluding tert-OH is 1. The van der Waals surface area contributed by atoms with Crippen molar-refractivity contribution in [2.75, 3.05) is 37.7 Å². The minimum atomic E-state index is -0.173. The molecule has 1 saturated heterocycles. The van der Waals surface area contributed by atoms with Gasteiger partial charge in [0.15, 0.2) is 5.65 Å². The highest BCUT2D eigenvalue weighted by Crippen LogP contribution is 2.28. The van der Waals surface area contributed by atoms with Crippen molar-refractivity contribution in [1.82, 2.24) is 19.5 Å². The summed E-state index contributed by atoms with van der Waals surface area (Å²) in [5.41, 5.74) is 2.79. The number of hydrogen-bond acceptors (Lipinski definition) is 5. The number of benzene rings is 1. The summed E-state index contributed by atoms with van der Waals surface area (Å²) < 4.78 is 1.93. The van der Waals surface area contributed by atoms with Gasteiger partial charge in [0.1, 0.15) is 5.82 Å². The van der Waals surface area contributed by atoms with Gasteiger partial charge in [-0.2, -0.15) is 5.10 Å². The molecule has 6 heteroatoms. The van der Waals surface area contributed by atoms with Gasteiger partial charge in [-0.3, -0.25) is 4.90 Å². The lowest BCUT2D eigenvalue weighted by Gasteiger charge is -2.43. The van der Waals surface area contributed by atoms with Crippen molar-refractivity contribution in [1.29, 1.82) is 0 Å². The van der Waals surface area contributed by atoms with E-state index in [1.165, 1.54) is 0 Å². The molecule has 1 aromatic carbocycles. The van der Waals surface area contributed by atoms with Crippen LogP contribution in [0.15, 0.2) is 30.3 Å². The molecule has 1 N–H and O–H groups in total. The number of aromatic nitrogens is 3. The smallest absolute Gasteiger partial charge is 0.158 e. The van der Waals surface area contributed by atoms with Crippen molar-refractivity contribution in [3.63, 3.8) is 0 Å². The maximum atomic E-state index is 9.61. The van der Waals surface area contributed by atoms with Crippen LogP contribution in [0.25, 0.3) is 16.6 Å². The van der Waals surface area contributed by atoms with Crippen LogP contribution in [0.3, 0.4) is 0 Å². The highest BCUT2D eigenvalue weighted by Gasteiger charge is 2.30. The van der Waals surface area contributed by atoms with E-state index in [-0.39, 0.29) is 12.1 Å². The summed E-state index contributed by atoms with van der Waals surface area (Å²) in [7, 11) is 0. The first-order valence-corrected chi connectivity index (χ1v) is 8.85. The zero-order valence-corrected chi connectivity index (χ0v) is 15.1. The maximum Gasteiger partial charge on any atom is 0.158 e. The van der Waals surface area contributed by atoms with Crippen LogP contribution in [0.4, 0.5) is 5.82 Å². The SMILES string of the molecule is Cc1cc2nc(N3CCN(C(C)(C)CO)CC3)c3ccccc3n2n1. The topological polar surface area (TPSA) is 56.9 Å². The quantitative estimate of drug-likeness (QED) is 0.792. The predicted molar refractivity (Wildman–Crippen MR) is 100 cm³/mol. The summed E-state index contributed by atoms with van der Waals surface area (Å²) in [6, 6.07) is 10.4. The largest absolute Gasteiger partial charge is 0.394 e. The molecule has 1 aliphatic rings. The van der Waals surface area contributed by atoms with E-state index in [0.717, 1.165) is 54.2 Å². The number of aliphatic hydroxyl groups is 1. The summed E-state index contributed by atoms with van der Waals surface area (Å²) >= 11 is 0. The lowest BCUT2D eigenvalue weighted by molar-refractivity contribution is 0.0526. The Morgan fingerprint density at radius 2 is 1.84 bits per heavy atom. The van der Waals surface area contributed by atoms with Gasteiger partial charge in [0.2, 0.25) is 0 Å². The van der Waals surface area contributed by atoms with E-state index in [2.05, 4.69) is 46.9 Å². The molecule has 0 spiro atoms. The van der Waals surface area contributed by atoms with Gasteiger partial charge in [-0.1, -0.05) is 12.1 Å². The first kappa shape index (κ1) is 16.3. The Hall–Kier alpha value is -2.18. The molecule has 0 radical (unpaired) electrons. The Morgan fingerprint density at radius 1 is 1.12 bits per heavy atom. The number of aryl methyl sites for hydroxylation is 1. The first-order chi connectivity index (χ1) is 12.0. The normalized spacial score (nSPS) is 16.9. The Kier molecular flexibility index (Phi) is 3.89. The molecule has 0 saturated carbocycles. The number of hydrogen-bond donors (Lipinski definition) is 1. The minimum absolute atomic E-state index is 0.173. The van der Waals surface area contributed by atoms with Crippen molar-refractivity contribution in [3.05, 3.63) is 36.0 Å². The fraction of sp³-hybridized carbons (Fsp3) is 0.474. The van der Waals surface area contributed by atoms with E-state index in [1.807, 2.05) is 23.6 Å². The molecule has 2 aromatic heterocycles. The van der Waals surface area contributed by atoms with Gasteiger partial charge < -0.3 is 10.0 Å². The van der Waals surface area contributed by atoms with Gasteiger partial charge in [-0.05, 0) is 32.9 Å². The molecule has 4 rings (SSSR count). The summed E-state index contributed by atoms with van der Waals surface area (Å²) in [4.78, 5) is 9.62. The van der Waals surface area contributed by atoms with Crippen molar-refractivity contribution < 1.29 is 5.11 Å². The molecule has 3 heterocycles. The predicted octanol–water partition coefficient (Wildman–Crippen LogP) is 2.08.